The van der Waals surface area contributed by atoms with Crippen molar-refractivity contribution in [2.45, 2.75) is 19.4 Å². The third-order valence-corrected chi connectivity index (χ3v) is 4.42. The summed E-state index contributed by atoms with van der Waals surface area (Å²) in [5.74, 6) is 0.963. The first-order chi connectivity index (χ1) is 12.5. The molecule has 1 atom stereocenters. The van der Waals surface area contributed by atoms with E-state index < -0.39 is 0 Å². The molecule has 1 N–H and O–H groups in total. The molecule has 136 valence electrons. The van der Waals surface area contributed by atoms with Crippen LogP contribution in [0.2, 0.25) is 0 Å². The zero-order valence-corrected chi connectivity index (χ0v) is 15.1. The Morgan fingerprint density at radius 2 is 1.88 bits per heavy atom. The van der Waals surface area contributed by atoms with Crippen molar-refractivity contribution in [3.8, 4) is 11.5 Å². The molecule has 0 unspecified atom stereocenters. The van der Waals surface area contributed by atoms with Crippen molar-refractivity contribution >= 4 is 17.5 Å². The summed E-state index contributed by atoms with van der Waals surface area (Å²) in [6.07, 6.45) is 0.270. The molecular weight excluding hydrogens is 332 g/mol. The summed E-state index contributed by atoms with van der Waals surface area (Å²) in [5, 5.41) is 2.95. The van der Waals surface area contributed by atoms with Crippen LogP contribution < -0.4 is 19.7 Å². The monoisotopic (exact) mass is 354 g/mol. The molecule has 2 amide bonds. The van der Waals surface area contributed by atoms with Crippen LogP contribution in [-0.4, -0.2) is 38.6 Å². The maximum Gasteiger partial charge on any atom is 0.251 e. The molecule has 3 rings (SSSR count). The number of benzene rings is 2. The molecule has 1 aliphatic heterocycles. The molecule has 1 aliphatic rings. The Morgan fingerprint density at radius 3 is 2.58 bits per heavy atom. The summed E-state index contributed by atoms with van der Waals surface area (Å²) in [6.45, 7) is 2.36. The van der Waals surface area contributed by atoms with Crippen LogP contribution in [-0.2, 0) is 4.79 Å². The lowest BCUT2D eigenvalue weighted by atomic mass is 10.1. The Hall–Kier alpha value is -3.02. The molecule has 0 radical (unpaired) electrons. The van der Waals surface area contributed by atoms with E-state index in [0.717, 1.165) is 11.3 Å². The highest BCUT2D eigenvalue weighted by Crippen LogP contribution is 2.33. The Bertz CT molecular complexity index is 834. The van der Waals surface area contributed by atoms with Crippen molar-refractivity contribution in [1.29, 1.82) is 0 Å². The molecule has 1 heterocycles. The van der Waals surface area contributed by atoms with E-state index in [-0.39, 0.29) is 24.3 Å². The van der Waals surface area contributed by atoms with Gasteiger partial charge in [-0.15, -0.1) is 0 Å². The Balaban J connectivity index is 1.72. The van der Waals surface area contributed by atoms with Crippen molar-refractivity contribution in [1.82, 2.24) is 5.32 Å². The van der Waals surface area contributed by atoms with Crippen LogP contribution in [0.5, 0.6) is 11.5 Å². The fraction of sp³-hybridized carbons (Fsp3) is 0.300. The summed E-state index contributed by atoms with van der Waals surface area (Å²) in [4.78, 5) is 26.5. The zero-order valence-electron chi connectivity index (χ0n) is 15.1. The fourth-order valence-electron chi connectivity index (χ4n) is 3.10. The quantitative estimate of drug-likeness (QED) is 0.896. The minimum atomic E-state index is -0.233. The number of carbonyl (C=O) groups is 2. The summed E-state index contributed by atoms with van der Waals surface area (Å²) in [7, 11) is 3.12. The van der Waals surface area contributed by atoms with E-state index in [4.69, 9.17) is 9.47 Å². The molecule has 0 saturated carbocycles. The molecule has 0 bridgehead atoms. The van der Waals surface area contributed by atoms with Crippen molar-refractivity contribution < 1.29 is 19.1 Å². The summed E-state index contributed by atoms with van der Waals surface area (Å²) >= 11 is 0. The van der Waals surface area contributed by atoms with Gasteiger partial charge in [0.2, 0.25) is 5.91 Å². The molecule has 1 fully saturated rings. The number of nitrogens with one attached hydrogen (secondary N) is 1. The lowest BCUT2D eigenvalue weighted by molar-refractivity contribution is -0.117. The van der Waals surface area contributed by atoms with Crippen molar-refractivity contribution in [2.24, 2.45) is 0 Å². The van der Waals surface area contributed by atoms with Gasteiger partial charge in [0.25, 0.3) is 5.91 Å². The molecule has 2 aromatic rings. The average Bonchev–Trinajstić information content (AvgIpc) is 3.01. The van der Waals surface area contributed by atoms with Crippen LogP contribution in [0.15, 0.2) is 42.5 Å². The maximum atomic E-state index is 12.4. The van der Waals surface area contributed by atoms with Gasteiger partial charge in [-0.25, -0.2) is 0 Å². The van der Waals surface area contributed by atoms with Gasteiger partial charge < -0.3 is 19.7 Å². The van der Waals surface area contributed by atoms with Crippen LogP contribution >= 0.6 is 0 Å². The second-order valence-corrected chi connectivity index (χ2v) is 6.29. The fourth-order valence-corrected chi connectivity index (χ4v) is 3.10. The third-order valence-electron chi connectivity index (χ3n) is 4.42. The van der Waals surface area contributed by atoms with E-state index >= 15 is 0 Å². The van der Waals surface area contributed by atoms with Gasteiger partial charge in [-0.05, 0) is 31.2 Å². The highest BCUT2D eigenvalue weighted by atomic mass is 16.5. The van der Waals surface area contributed by atoms with E-state index in [1.54, 1.807) is 37.3 Å². The summed E-state index contributed by atoms with van der Waals surface area (Å²) in [6, 6.07) is 12.5. The first-order valence-corrected chi connectivity index (χ1v) is 8.41. The molecule has 0 aromatic heterocycles. The summed E-state index contributed by atoms with van der Waals surface area (Å²) in [5.41, 5.74) is 2.34. The Labute approximate surface area is 152 Å². The zero-order chi connectivity index (χ0) is 18.7. The first-order valence-electron chi connectivity index (χ1n) is 8.41. The maximum absolute atomic E-state index is 12.4. The van der Waals surface area contributed by atoms with E-state index in [1.807, 2.05) is 31.2 Å². The predicted octanol–water partition coefficient (Wildman–Crippen LogP) is 2.55. The molecule has 1 saturated heterocycles. The molecule has 2 aromatic carbocycles. The highest BCUT2D eigenvalue weighted by Gasteiger charge is 2.32. The van der Waals surface area contributed by atoms with Gasteiger partial charge in [0.15, 0.2) is 11.5 Å². The first kappa shape index (κ1) is 17.8. The number of amides is 2. The number of ether oxygens (including phenoxy) is 2. The second-order valence-electron chi connectivity index (χ2n) is 6.29. The molecular formula is C20H22N2O4. The molecule has 0 spiro atoms. The third kappa shape index (κ3) is 3.64. The van der Waals surface area contributed by atoms with Gasteiger partial charge in [0, 0.05) is 30.3 Å². The van der Waals surface area contributed by atoms with Crippen molar-refractivity contribution in [3.05, 3.63) is 53.6 Å². The number of methoxy groups -OCH3 is 2. The number of rotatable bonds is 5. The highest BCUT2D eigenvalue weighted by molar-refractivity contribution is 5.99. The lowest BCUT2D eigenvalue weighted by Gasteiger charge is -2.19. The van der Waals surface area contributed by atoms with Crippen LogP contribution in [0.1, 0.15) is 22.3 Å². The van der Waals surface area contributed by atoms with Crippen molar-refractivity contribution in [2.75, 3.05) is 25.7 Å². The van der Waals surface area contributed by atoms with E-state index in [2.05, 4.69) is 5.32 Å². The minimum absolute atomic E-state index is 0.0354. The number of carbonyl (C=O) groups excluding carboxylic acids is 2. The van der Waals surface area contributed by atoms with Gasteiger partial charge in [0.05, 0.1) is 20.3 Å². The summed E-state index contributed by atoms with van der Waals surface area (Å²) < 4.78 is 10.5. The van der Waals surface area contributed by atoms with Crippen LogP contribution in [0.4, 0.5) is 5.69 Å². The van der Waals surface area contributed by atoms with E-state index in [1.165, 1.54) is 0 Å². The van der Waals surface area contributed by atoms with E-state index in [9.17, 15) is 9.59 Å². The van der Waals surface area contributed by atoms with Gasteiger partial charge in [0.1, 0.15) is 0 Å². The number of hydrogen-bond acceptors (Lipinski definition) is 4. The normalized spacial score (nSPS) is 16.5. The van der Waals surface area contributed by atoms with Gasteiger partial charge in [-0.2, -0.15) is 0 Å². The van der Waals surface area contributed by atoms with Gasteiger partial charge >= 0.3 is 0 Å². The molecule has 6 nitrogen and oxygen atoms in total. The predicted molar refractivity (Wildman–Crippen MR) is 98.9 cm³/mol. The number of anilines is 1. The standard InChI is InChI=1S/C20H22N2O4/c1-13-5-4-6-14(9-13)20(24)21-15-10-19(23)22(12-15)16-7-8-17(25-2)18(11-16)26-3/h4-9,11,15H,10,12H2,1-3H3,(H,21,24)/t15-/m1/s1. The van der Waals surface area contributed by atoms with Gasteiger partial charge in [-0.1, -0.05) is 17.7 Å². The Kier molecular flexibility index (Phi) is 5.11. The number of aryl methyl sites for hydroxylation is 1. The van der Waals surface area contributed by atoms with Crippen LogP contribution in [0.3, 0.4) is 0 Å². The largest absolute Gasteiger partial charge is 0.493 e. The topological polar surface area (TPSA) is 67.9 Å². The lowest BCUT2D eigenvalue weighted by Crippen LogP contribution is -2.37. The van der Waals surface area contributed by atoms with Crippen LogP contribution in [0, 0.1) is 6.92 Å². The minimum Gasteiger partial charge on any atom is -0.493 e. The molecule has 26 heavy (non-hydrogen) atoms. The molecule has 0 aliphatic carbocycles. The smallest absolute Gasteiger partial charge is 0.251 e. The average molecular weight is 354 g/mol. The number of hydrogen-bond donors (Lipinski definition) is 1. The Morgan fingerprint density at radius 1 is 1.12 bits per heavy atom. The molecule has 6 heteroatoms. The van der Waals surface area contributed by atoms with Gasteiger partial charge in [-0.3, -0.25) is 9.59 Å². The second kappa shape index (κ2) is 7.47. The van der Waals surface area contributed by atoms with Crippen molar-refractivity contribution in [3.63, 3.8) is 0 Å². The number of nitrogens with zero attached hydrogens (tertiary/aromatic N) is 1. The van der Waals surface area contributed by atoms with Crippen LogP contribution in [0.25, 0.3) is 0 Å². The SMILES string of the molecule is COc1ccc(N2C[C@H](NC(=O)c3cccc(C)c3)CC2=O)cc1OC. The van der Waals surface area contributed by atoms with E-state index in [0.29, 0.717) is 23.6 Å².